The highest BCUT2D eigenvalue weighted by Crippen LogP contribution is 2.43. The minimum Gasteiger partial charge on any atom is -0.508 e. The average molecular weight is 495 g/mol. The number of aryl methyl sites for hydroxylation is 1. The van der Waals surface area contributed by atoms with E-state index in [0.29, 0.717) is 22.7 Å². The van der Waals surface area contributed by atoms with Gasteiger partial charge in [-0.05, 0) is 80.1 Å². The summed E-state index contributed by atoms with van der Waals surface area (Å²) in [5, 5.41) is 10.4. The lowest BCUT2D eigenvalue weighted by Gasteiger charge is -2.37. The topological polar surface area (TPSA) is 38.7 Å². The molecule has 0 radical (unpaired) electrons. The minimum atomic E-state index is -1.83. The molecule has 1 aromatic rings. The van der Waals surface area contributed by atoms with Crippen molar-refractivity contribution in [1.29, 1.82) is 0 Å². The second-order valence-corrected chi connectivity index (χ2v) is 20.1. The van der Waals surface area contributed by atoms with Gasteiger partial charge in [0.05, 0.1) is 0 Å². The van der Waals surface area contributed by atoms with Crippen molar-refractivity contribution in [3.05, 3.63) is 29.3 Å². The number of rotatable bonds is 17. The average Bonchev–Trinajstić information content (AvgIpc) is 2.78. The molecule has 5 heteroatoms. The Kier molecular flexibility index (Phi) is 13.5. The van der Waals surface area contributed by atoms with Crippen molar-refractivity contribution in [3.63, 3.8) is 0 Å². The molecule has 0 heterocycles. The summed E-state index contributed by atoms with van der Waals surface area (Å²) in [6.07, 6.45) is 12.4. The molecule has 0 amide bonds. The lowest BCUT2D eigenvalue weighted by molar-refractivity contribution is 0.356. The van der Waals surface area contributed by atoms with E-state index in [1.165, 1.54) is 63.4 Å². The Morgan fingerprint density at radius 2 is 1.39 bits per heavy atom. The molecule has 3 unspecified atom stereocenters. The van der Waals surface area contributed by atoms with Crippen LogP contribution in [0.4, 0.5) is 0 Å². The van der Waals surface area contributed by atoms with Crippen LogP contribution in [-0.2, 0) is 8.85 Å². The summed E-state index contributed by atoms with van der Waals surface area (Å²) in [5.41, 5.74) is 3.56. The van der Waals surface area contributed by atoms with Gasteiger partial charge in [-0.1, -0.05) is 77.3 Å². The minimum absolute atomic E-state index is 0.432. The van der Waals surface area contributed by atoms with Gasteiger partial charge in [-0.25, -0.2) is 0 Å². The molecule has 0 aliphatic carbocycles. The Hall–Kier alpha value is -0.626. The molecule has 0 spiro atoms. The van der Waals surface area contributed by atoms with Gasteiger partial charge >= 0.3 is 0 Å². The summed E-state index contributed by atoms with van der Waals surface area (Å²) in [6.45, 7) is 16.1. The maximum atomic E-state index is 10.4. The van der Waals surface area contributed by atoms with Gasteiger partial charge in [0.15, 0.2) is 16.6 Å². The van der Waals surface area contributed by atoms with Crippen molar-refractivity contribution < 1.29 is 14.0 Å². The maximum Gasteiger partial charge on any atom is 0.189 e. The van der Waals surface area contributed by atoms with Gasteiger partial charge in [-0.2, -0.15) is 0 Å². The van der Waals surface area contributed by atoms with Crippen LogP contribution in [0.5, 0.6) is 5.75 Å². The number of hydrogen-bond acceptors (Lipinski definition) is 3. The fourth-order valence-electron chi connectivity index (χ4n) is 5.13. The summed E-state index contributed by atoms with van der Waals surface area (Å²) in [5.74, 6) is 0.916. The number of phenolic OH excluding ortho intramolecular Hbond substituents is 1. The van der Waals surface area contributed by atoms with Crippen molar-refractivity contribution in [2.75, 3.05) is 14.2 Å². The maximum absolute atomic E-state index is 10.4. The van der Waals surface area contributed by atoms with E-state index >= 15 is 0 Å². The van der Waals surface area contributed by atoms with E-state index < -0.39 is 16.6 Å². The first-order valence-electron chi connectivity index (χ1n) is 13.4. The molecule has 192 valence electrons. The van der Waals surface area contributed by atoms with Gasteiger partial charge in [-0.15, -0.1) is 0 Å². The van der Waals surface area contributed by atoms with Crippen molar-refractivity contribution in [3.8, 4) is 5.75 Å². The van der Waals surface area contributed by atoms with E-state index in [2.05, 4.69) is 52.2 Å². The molecule has 0 saturated heterocycles. The largest absolute Gasteiger partial charge is 0.508 e. The number of benzene rings is 1. The van der Waals surface area contributed by atoms with Gasteiger partial charge in [0, 0.05) is 14.2 Å². The van der Waals surface area contributed by atoms with Crippen molar-refractivity contribution in [1.82, 2.24) is 0 Å². The van der Waals surface area contributed by atoms with Crippen LogP contribution in [0.2, 0.25) is 37.3 Å². The fraction of sp³-hybridized carbons (Fsp3) is 0.786. The molecule has 33 heavy (non-hydrogen) atoms. The van der Waals surface area contributed by atoms with Gasteiger partial charge in [-0.3, -0.25) is 0 Å². The zero-order valence-corrected chi connectivity index (χ0v) is 25.3. The highest BCUT2D eigenvalue weighted by Gasteiger charge is 2.38. The second kappa shape index (κ2) is 14.7. The molecular weight excluding hydrogens is 440 g/mol. The molecule has 0 bridgehead atoms. The van der Waals surface area contributed by atoms with Crippen LogP contribution < -0.4 is 0 Å². The molecule has 0 fully saturated rings. The normalized spacial score (nSPS) is 15.4. The Balaban J connectivity index is 3.12. The summed E-state index contributed by atoms with van der Waals surface area (Å²) in [4.78, 5) is 0. The third-order valence-corrected chi connectivity index (χ3v) is 15.3. The molecule has 0 aliphatic heterocycles. The van der Waals surface area contributed by atoms with E-state index in [9.17, 15) is 5.11 Å². The number of aromatic hydroxyl groups is 1. The standard InChI is InChI=1S/C28H54O3Si2/c1-10-12-13-14-16-24(25-18-17-23(3)28(29)22-25)21-27(33(8,9)31-5)20-19-26(15-11-2)32(6,7)30-4/h17-18,22,24,26-27,29H,10-16,19-21H2,1-9H3. The smallest absolute Gasteiger partial charge is 0.189 e. The highest BCUT2D eigenvalue weighted by molar-refractivity contribution is 6.73. The molecule has 1 aromatic carbocycles. The van der Waals surface area contributed by atoms with E-state index in [1.54, 1.807) is 0 Å². The summed E-state index contributed by atoms with van der Waals surface area (Å²) in [7, 11) is 0.336. The highest BCUT2D eigenvalue weighted by atomic mass is 28.4. The Labute approximate surface area is 207 Å². The first kappa shape index (κ1) is 30.4. The predicted octanol–water partition coefficient (Wildman–Crippen LogP) is 9.17. The van der Waals surface area contributed by atoms with Gasteiger partial charge in [0.2, 0.25) is 0 Å². The SMILES string of the molecule is CCCCCCC(CC(CCC(CCC)[Si](C)(C)OC)[Si](C)(C)OC)c1ccc(C)c(O)c1. The number of hydrogen-bond donors (Lipinski definition) is 1. The number of phenols is 1. The van der Waals surface area contributed by atoms with Crippen LogP contribution >= 0.6 is 0 Å². The van der Waals surface area contributed by atoms with Crippen LogP contribution in [-0.4, -0.2) is 36.0 Å². The van der Waals surface area contributed by atoms with Crippen LogP contribution in [0.3, 0.4) is 0 Å². The van der Waals surface area contributed by atoms with Crippen LogP contribution in [0.15, 0.2) is 18.2 Å². The number of unbranched alkanes of at least 4 members (excludes halogenated alkanes) is 3. The molecule has 3 atom stereocenters. The van der Waals surface area contributed by atoms with Crippen LogP contribution in [0.1, 0.15) is 95.1 Å². The molecular formula is C28H54O3Si2. The molecule has 0 saturated carbocycles. The van der Waals surface area contributed by atoms with Gasteiger partial charge < -0.3 is 14.0 Å². The molecule has 3 nitrogen and oxygen atoms in total. The molecule has 0 aliphatic rings. The fourth-order valence-corrected chi connectivity index (χ4v) is 9.36. The summed E-state index contributed by atoms with van der Waals surface area (Å²) in [6, 6.07) is 6.36. The van der Waals surface area contributed by atoms with Crippen molar-refractivity contribution >= 4 is 16.6 Å². The second-order valence-electron chi connectivity index (χ2n) is 11.2. The quantitative estimate of drug-likeness (QED) is 0.173. The first-order valence-corrected chi connectivity index (χ1v) is 19.4. The summed E-state index contributed by atoms with van der Waals surface area (Å²) >= 11 is 0. The van der Waals surface area contributed by atoms with Crippen LogP contribution in [0.25, 0.3) is 0 Å². The van der Waals surface area contributed by atoms with Crippen molar-refractivity contribution in [2.45, 2.75) is 128 Å². The molecule has 1 N–H and O–H groups in total. The van der Waals surface area contributed by atoms with Crippen molar-refractivity contribution in [2.24, 2.45) is 0 Å². The third-order valence-electron chi connectivity index (χ3n) is 8.20. The zero-order chi connectivity index (χ0) is 25.1. The van der Waals surface area contributed by atoms with Gasteiger partial charge in [0.1, 0.15) is 5.75 Å². The third kappa shape index (κ3) is 9.87. The van der Waals surface area contributed by atoms with Gasteiger partial charge in [0.25, 0.3) is 0 Å². The lowest BCUT2D eigenvalue weighted by atomic mass is 9.87. The monoisotopic (exact) mass is 494 g/mol. The predicted molar refractivity (Wildman–Crippen MR) is 150 cm³/mol. The Morgan fingerprint density at radius 3 is 1.94 bits per heavy atom. The van der Waals surface area contributed by atoms with E-state index in [1.807, 2.05) is 27.2 Å². The summed E-state index contributed by atoms with van der Waals surface area (Å²) < 4.78 is 12.2. The molecule has 1 rings (SSSR count). The Bertz CT molecular complexity index is 675. The van der Waals surface area contributed by atoms with E-state index in [4.69, 9.17) is 8.85 Å². The van der Waals surface area contributed by atoms with E-state index in [0.717, 1.165) is 12.0 Å². The zero-order valence-electron chi connectivity index (χ0n) is 23.3. The van der Waals surface area contributed by atoms with Crippen LogP contribution in [0, 0.1) is 6.92 Å². The lowest BCUT2D eigenvalue weighted by Crippen LogP contribution is -2.38. The van der Waals surface area contributed by atoms with E-state index in [-0.39, 0.29) is 0 Å². The molecule has 0 aromatic heterocycles. The first-order chi connectivity index (χ1) is 15.5. The Morgan fingerprint density at radius 1 is 0.788 bits per heavy atom.